The number of carbonyl (C=O) groups excluding carboxylic acids is 1. The van der Waals surface area contributed by atoms with Crippen molar-refractivity contribution in [1.82, 2.24) is 0 Å². The Morgan fingerprint density at radius 2 is 1.62 bits per heavy atom. The summed E-state index contributed by atoms with van der Waals surface area (Å²) in [5.74, 6) is 2.02. The Bertz CT molecular complexity index is 1100. The summed E-state index contributed by atoms with van der Waals surface area (Å²) in [4.78, 5) is 12.4. The van der Waals surface area contributed by atoms with E-state index in [4.69, 9.17) is 30.5 Å². The number of methoxy groups -OCH3 is 3. The van der Waals surface area contributed by atoms with Gasteiger partial charge in [0.05, 0.1) is 27.0 Å². The van der Waals surface area contributed by atoms with E-state index < -0.39 is 0 Å². The van der Waals surface area contributed by atoms with Gasteiger partial charge in [-0.2, -0.15) is 0 Å². The van der Waals surface area contributed by atoms with Gasteiger partial charge in [-0.05, 0) is 53.6 Å². The molecule has 3 aromatic rings. The molecule has 32 heavy (non-hydrogen) atoms. The molecule has 166 valence electrons. The zero-order valence-electron chi connectivity index (χ0n) is 18.1. The van der Waals surface area contributed by atoms with Crippen LogP contribution in [0.4, 0.5) is 5.69 Å². The lowest BCUT2D eigenvalue weighted by molar-refractivity contribution is -0.111. The maximum atomic E-state index is 12.4. The number of anilines is 1. The fourth-order valence-electron chi connectivity index (χ4n) is 2.90. The predicted molar refractivity (Wildman–Crippen MR) is 126 cm³/mol. The number of rotatable bonds is 9. The first-order chi connectivity index (χ1) is 15.5. The third-order valence-electron chi connectivity index (χ3n) is 4.59. The number of halogens is 1. The van der Waals surface area contributed by atoms with Crippen LogP contribution in [-0.2, 0) is 11.4 Å². The average Bonchev–Trinajstić information content (AvgIpc) is 2.82. The molecule has 0 aliphatic carbocycles. The minimum Gasteiger partial charge on any atom is -0.497 e. The van der Waals surface area contributed by atoms with Crippen molar-refractivity contribution >= 4 is 29.3 Å². The standard InChI is InChI=1S/C25H24ClNO5/c1-29-20-10-11-21(23(15-20)30-2)27-25(28)13-7-17-6-12-22(24(14-17)31-3)32-16-18-4-8-19(26)9-5-18/h4-15H,16H2,1-3H3,(H,27,28). The van der Waals surface area contributed by atoms with E-state index in [9.17, 15) is 4.79 Å². The van der Waals surface area contributed by atoms with Crippen molar-refractivity contribution < 1.29 is 23.7 Å². The fraction of sp³-hybridized carbons (Fsp3) is 0.160. The molecule has 0 aliphatic heterocycles. The minimum absolute atomic E-state index is 0.296. The second-order valence-electron chi connectivity index (χ2n) is 6.71. The van der Waals surface area contributed by atoms with Crippen LogP contribution in [0.5, 0.6) is 23.0 Å². The number of carbonyl (C=O) groups is 1. The van der Waals surface area contributed by atoms with E-state index in [1.165, 1.54) is 13.2 Å². The fourth-order valence-corrected chi connectivity index (χ4v) is 3.02. The Hall–Kier alpha value is -3.64. The summed E-state index contributed by atoms with van der Waals surface area (Å²) in [6, 6.07) is 18.1. The van der Waals surface area contributed by atoms with E-state index in [0.717, 1.165) is 11.1 Å². The van der Waals surface area contributed by atoms with Crippen LogP contribution in [0.15, 0.2) is 66.7 Å². The zero-order valence-corrected chi connectivity index (χ0v) is 18.8. The lowest BCUT2D eigenvalue weighted by Crippen LogP contribution is -2.09. The van der Waals surface area contributed by atoms with Crippen LogP contribution in [0.3, 0.4) is 0 Å². The van der Waals surface area contributed by atoms with Crippen molar-refractivity contribution in [2.45, 2.75) is 6.61 Å². The van der Waals surface area contributed by atoms with Gasteiger partial charge in [-0.3, -0.25) is 4.79 Å². The topological polar surface area (TPSA) is 66.0 Å². The molecule has 0 aliphatic rings. The van der Waals surface area contributed by atoms with Gasteiger partial charge < -0.3 is 24.3 Å². The number of benzene rings is 3. The van der Waals surface area contributed by atoms with E-state index >= 15 is 0 Å². The van der Waals surface area contributed by atoms with Gasteiger partial charge in [0, 0.05) is 17.2 Å². The zero-order chi connectivity index (χ0) is 22.9. The summed E-state index contributed by atoms with van der Waals surface area (Å²) in [7, 11) is 4.67. The predicted octanol–water partition coefficient (Wildman–Crippen LogP) is 5.60. The van der Waals surface area contributed by atoms with Crippen molar-refractivity contribution in [3.8, 4) is 23.0 Å². The second-order valence-corrected chi connectivity index (χ2v) is 7.15. The Balaban J connectivity index is 1.65. The van der Waals surface area contributed by atoms with Gasteiger partial charge in [-0.1, -0.05) is 29.8 Å². The molecular weight excluding hydrogens is 430 g/mol. The lowest BCUT2D eigenvalue weighted by Gasteiger charge is -2.12. The van der Waals surface area contributed by atoms with Crippen molar-refractivity contribution in [1.29, 1.82) is 0 Å². The van der Waals surface area contributed by atoms with E-state index in [0.29, 0.717) is 40.3 Å². The number of hydrogen-bond acceptors (Lipinski definition) is 5. The number of ether oxygens (including phenoxy) is 4. The molecule has 0 saturated heterocycles. The Kier molecular flexibility index (Phi) is 8.00. The van der Waals surface area contributed by atoms with Crippen molar-refractivity contribution in [3.63, 3.8) is 0 Å². The highest BCUT2D eigenvalue weighted by Crippen LogP contribution is 2.30. The molecule has 1 amide bonds. The molecule has 0 bridgehead atoms. The van der Waals surface area contributed by atoms with E-state index in [1.54, 1.807) is 50.6 Å². The Morgan fingerprint density at radius 3 is 2.31 bits per heavy atom. The van der Waals surface area contributed by atoms with Gasteiger partial charge in [0.1, 0.15) is 18.1 Å². The second kappa shape index (κ2) is 11.1. The quantitative estimate of drug-likeness (QED) is 0.427. The summed E-state index contributed by atoms with van der Waals surface area (Å²) in [5, 5.41) is 3.47. The maximum Gasteiger partial charge on any atom is 0.248 e. The van der Waals surface area contributed by atoms with E-state index in [-0.39, 0.29) is 5.91 Å². The molecule has 0 spiro atoms. The molecule has 6 nitrogen and oxygen atoms in total. The van der Waals surface area contributed by atoms with Crippen LogP contribution in [0.2, 0.25) is 5.02 Å². The largest absolute Gasteiger partial charge is 0.497 e. The molecule has 0 unspecified atom stereocenters. The van der Waals surface area contributed by atoms with Crippen LogP contribution in [-0.4, -0.2) is 27.2 Å². The van der Waals surface area contributed by atoms with Crippen LogP contribution < -0.4 is 24.3 Å². The molecular formula is C25H24ClNO5. The lowest BCUT2D eigenvalue weighted by atomic mass is 10.2. The monoisotopic (exact) mass is 453 g/mol. The maximum absolute atomic E-state index is 12.4. The first kappa shape index (κ1) is 23.0. The van der Waals surface area contributed by atoms with Crippen LogP contribution >= 0.6 is 11.6 Å². The smallest absolute Gasteiger partial charge is 0.248 e. The summed E-state index contributed by atoms with van der Waals surface area (Å²) in [6.45, 7) is 0.384. The molecule has 3 rings (SSSR count). The molecule has 0 aromatic heterocycles. The normalized spacial score (nSPS) is 10.6. The molecule has 3 aromatic carbocycles. The van der Waals surface area contributed by atoms with Gasteiger partial charge in [0.15, 0.2) is 11.5 Å². The van der Waals surface area contributed by atoms with Crippen LogP contribution in [0, 0.1) is 0 Å². The van der Waals surface area contributed by atoms with Crippen LogP contribution in [0.1, 0.15) is 11.1 Å². The molecule has 0 fully saturated rings. The number of amides is 1. The first-order valence-electron chi connectivity index (χ1n) is 9.78. The minimum atomic E-state index is -0.296. The van der Waals surface area contributed by atoms with Crippen LogP contribution in [0.25, 0.3) is 6.08 Å². The van der Waals surface area contributed by atoms with Crippen molar-refractivity contribution in [2.24, 2.45) is 0 Å². The van der Waals surface area contributed by atoms with Gasteiger partial charge in [0.2, 0.25) is 5.91 Å². The molecule has 7 heteroatoms. The Morgan fingerprint density at radius 1 is 0.875 bits per heavy atom. The highest BCUT2D eigenvalue weighted by atomic mass is 35.5. The number of nitrogens with one attached hydrogen (secondary N) is 1. The van der Waals surface area contributed by atoms with Crippen molar-refractivity contribution in [3.05, 3.63) is 82.9 Å². The van der Waals surface area contributed by atoms with E-state index in [2.05, 4.69) is 5.32 Å². The highest BCUT2D eigenvalue weighted by molar-refractivity contribution is 6.30. The molecule has 0 saturated carbocycles. The highest BCUT2D eigenvalue weighted by Gasteiger charge is 2.08. The third kappa shape index (κ3) is 6.18. The molecule has 0 heterocycles. The summed E-state index contributed by atoms with van der Waals surface area (Å²) < 4.78 is 21.8. The van der Waals surface area contributed by atoms with Gasteiger partial charge in [0.25, 0.3) is 0 Å². The first-order valence-corrected chi connectivity index (χ1v) is 10.2. The summed E-state index contributed by atoms with van der Waals surface area (Å²) >= 11 is 5.91. The SMILES string of the molecule is COc1ccc(NC(=O)C=Cc2ccc(OCc3ccc(Cl)cc3)c(OC)c2)c(OC)c1. The third-order valence-corrected chi connectivity index (χ3v) is 4.84. The average molecular weight is 454 g/mol. The summed E-state index contributed by atoms with van der Waals surface area (Å²) in [5.41, 5.74) is 2.33. The molecule has 0 atom stereocenters. The van der Waals surface area contributed by atoms with Gasteiger partial charge in [-0.15, -0.1) is 0 Å². The number of hydrogen-bond donors (Lipinski definition) is 1. The van der Waals surface area contributed by atoms with E-state index in [1.807, 2.05) is 30.3 Å². The summed E-state index contributed by atoms with van der Waals surface area (Å²) in [6.07, 6.45) is 3.13. The van der Waals surface area contributed by atoms with Gasteiger partial charge in [-0.25, -0.2) is 0 Å². The van der Waals surface area contributed by atoms with Gasteiger partial charge >= 0.3 is 0 Å². The molecule has 0 radical (unpaired) electrons. The Labute approximate surface area is 192 Å². The van der Waals surface area contributed by atoms with Crippen molar-refractivity contribution in [2.75, 3.05) is 26.6 Å². The molecule has 1 N–H and O–H groups in total.